The van der Waals surface area contributed by atoms with Crippen molar-refractivity contribution in [1.82, 2.24) is 24.9 Å². The number of nitrogens with one attached hydrogen (secondary N) is 1. The third kappa shape index (κ3) is 4.77. The first-order valence-electron chi connectivity index (χ1n) is 11.0. The van der Waals surface area contributed by atoms with Crippen LogP contribution in [0.2, 0.25) is 0 Å². The number of carbonyl (C=O) groups is 1. The van der Waals surface area contributed by atoms with Crippen LogP contribution in [-0.2, 0) is 13.0 Å². The normalized spacial score (nSPS) is 11.0. The highest BCUT2D eigenvalue weighted by atomic mass is 16.2. The molecule has 0 atom stereocenters. The van der Waals surface area contributed by atoms with Crippen LogP contribution >= 0.6 is 0 Å². The van der Waals surface area contributed by atoms with E-state index in [-0.39, 0.29) is 11.5 Å². The van der Waals surface area contributed by atoms with Crippen molar-refractivity contribution >= 4 is 16.7 Å². The molecule has 2 aromatic carbocycles. The molecule has 0 saturated heterocycles. The van der Waals surface area contributed by atoms with E-state index in [2.05, 4.69) is 22.4 Å². The van der Waals surface area contributed by atoms with Gasteiger partial charge in [-0.05, 0) is 42.7 Å². The summed E-state index contributed by atoms with van der Waals surface area (Å²) in [5, 5.41) is 12.7. The Bertz CT molecular complexity index is 1240. The van der Waals surface area contributed by atoms with Crippen molar-refractivity contribution < 1.29 is 4.79 Å². The Morgan fingerprint density at radius 3 is 2.50 bits per heavy atom. The molecular formula is C25H27N5O2. The number of nitrogens with zero attached hydrogens (tertiary/aromatic N) is 4. The fourth-order valence-corrected chi connectivity index (χ4v) is 3.71. The number of fused-ring (bicyclic) bond motifs is 1. The number of benzene rings is 2. The second kappa shape index (κ2) is 10.0. The van der Waals surface area contributed by atoms with Gasteiger partial charge in [-0.25, -0.2) is 9.36 Å². The molecule has 1 amide bonds. The first-order valence-corrected chi connectivity index (χ1v) is 11.0. The highest BCUT2D eigenvalue weighted by Crippen LogP contribution is 2.14. The molecule has 4 aromatic rings. The Labute approximate surface area is 186 Å². The Kier molecular flexibility index (Phi) is 6.75. The minimum atomic E-state index is -0.265. The van der Waals surface area contributed by atoms with E-state index >= 15 is 0 Å². The fraction of sp³-hybridized carbons (Fsp3) is 0.280. The molecule has 32 heavy (non-hydrogen) atoms. The number of rotatable bonds is 9. The standard InChI is InChI=1S/C25H27N5O2/c1-2-3-6-17-30-25(32)22-9-5-4-8-21(22)23(28-30)24(31)26-16-14-19-10-12-20(13-11-19)29-18-7-15-27-29/h4-5,7-13,15,18H,2-3,6,14,16-17H2,1H3,(H,26,31). The number of aromatic nitrogens is 4. The van der Waals surface area contributed by atoms with E-state index in [1.807, 2.05) is 48.7 Å². The molecular weight excluding hydrogens is 402 g/mol. The summed E-state index contributed by atoms with van der Waals surface area (Å²) in [6.45, 7) is 3.10. The van der Waals surface area contributed by atoms with Crippen LogP contribution in [0.4, 0.5) is 0 Å². The summed E-state index contributed by atoms with van der Waals surface area (Å²) in [6, 6.07) is 17.1. The second-order valence-electron chi connectivity index (χ2n) is 7.75. The lowest BCUT2D eigenvalue weighted by atomic mass is 10.1. The zero-order valence-electron chi connectivity index (χ0n) is 18.2. The van der Waals surface area contributed by atoms with Crippen LogP contribution in [0.1, 0.15) is 42.2 Å². The molecule has 7 heteroatoms. The molecule has 0 saturated carbocycles. The molecule has 1 N–H and O–H groups in total. The number of hydrogen-bond acceptors (Lipinski definition) is 4. The lowest BCUT2D eigenvalue weighted by molar-refractivity contribution is 0.0948. The van der Waals surface area contributed by atoms with Gasteiger partial charge in [0.1, 0.15) is 0 Å². The molecule has 7 nitrogen and oxygen atoms in total. The summed E-state index contributed by atoms with van der Waals surface area (Å²) < 4.78 is 3.23. The molecule has 0 bridgehead atoms. The maximum Gasteiger partial charge on any atom is 0.274 e. The average Bonchev–Trinajstić information content (AvgIpc) is 3.36. The lowest BCUT2D eigenvalue weighted by Crippen LogP contribution is -2.31. The molecule has 0 aliphatic carbocycles. The molecule has 164 valence electrons. The zero-order valence-corrected chi connectivity index (χ0v) is 18.2. The quantitative estimate of drug-likeness (QED) is 0.411. The van der Waals surface area contributed by atoms with Crippen molar-refractivity contribution in [3.05, 3.63) is 88.6 Å². The van der Waals surface area contributed by atoms with E-state index < -0.39 is 0 Å². The van der Waals surface area contributed by atoms with Gasteiger partial charge in [0.2, 0.25) is 0 Å². The number of carbonyl (C=O) groups excluding carboxylic acids is 1. The predicted molar refractivity (Wildman–Crippen MR) is 125 cm³/mol. The van der Waals surface area contributed by atoms with Crippen molar-refractivity contribution in [2.24, 2.45) is 0 Å². The molecule has 0 radical (unpaired) electrons. The highest BCUT2D eigenvalue weighted by Gasteiger charge is 2.16. The van der Waals surface area contributed by atoms with Crippen LogP contribution in [0.15, 0.2) is 71.8 Å². The summed E-state index contributed by atoms with van der Waals surface area (Å²) >= 11 is 0. The van der Waals surface area contributed by atoms with E-state index in [0.29, 0.717) is 36.0 Å². The van der Waals surface area contributed by atoms with E-state index in [0.717, 1.165) is 30.5 Å². The van der Waals surface area contributed by atoms with Gasteiger partial charge in [0, 0.05) is 30.9 Å². The number of amides is 1. The van der Waals surface area contributed by atoms with Gasteiger partial charge in [0.15, 0.2) is 5.69 Å². The third-order valence-corrected chi connectivity index (χ3v) is 5.46. The van der Waals surface area contributed by atoms with Crippen LogP contribution in [0, 0.1) is 0 Å². The highest BCUT2D eigenvalue weighted by molar-refractivity contribution is 6.04. The fourth-order valence-electron chi connectivity index (χ4n) is 3.71. The summed E-state index contributed by atoms with van der Waals surface area (Å²) in [5.74, 6) is -0.265. The lowest BCUT2D eigenvalue weighted by Gasteiger charge is -2.11. The Morgan fingerprint density at radius 2 is 1.78 bits per heavy atom. The molecule has 4 rings (SSSR count). The number of unbranched alkanes of at least 4 members (excludes halogenated alkanes) is 2. The topological polar surface area (TPSA) is 81.8 Å². The van der Waals surface area contributed by atoms with E-state index in [9.17, 15) is 9.59 Å². The van der Waals surface area contributed by atoms with Gasteiger partial charge in [-0.1, -0.05) is 50.1 Å². The van der Waals surface area contributed by atoms with Crippen molar-refractivity contribution in [3.63, 3.8) is 0 Å². The molecule has 0 spiro atoms. The van der Waals surface area contributed by atoms with E-state index in [1.165, 1.54) is 4.68 Å². The van der Waals surface area contributed by atoms with E-state index in [4.69, 9.17) is 0 Å². The first kappa shape index (κ1) is 21.5. The smallest absolute Gasteiger partial charge is 0.274 e. The van der Waals surface area contributed by atoms with Gasteiger partial charge in [0.05, 0.1) is 11.1 Å². The Morgan fingerprint density at radius 1 is 1.00 bits per heavy atom. The van der Waals surface area contributed by atoms with Crippen molar-refractivity contribution in [2.45, 2.75) is 39.2 Å². The molecule has 0 fully saturated rings. The minimum absolute atomic E-state index is 0.148. The van der Waals surface area contributed by atoms with Gasteiger partial charge in [-0.3, -0.25) is 9.59 Å². The van der Waals surface area contributed by atoms with Crippen molar-refractivity contribution in [1.29, 1.82) is 0 Å². The van der Waals surface area contributed by atoms with Gasteiger partial charge in [0.25, 0.3) is 11.5 Å². The van der Waals surface area contributed by atoms with Crippen LogP contribution in [0.3, 0.4) is 0 Å². The monoisotopic (exact) mass is 429 g/mol. The van der Waals surface area contributed by atoms with Gasteiger partial charge >= 0.3 is 0 Å². The van der Waals surface area contributed by atoms with Gasteiger partial charge in [-0.15, -0.1) is 0 Å². The summed E-state index contributed by atoms with van der Waals surface area (Å²) in [6.07, 6.45) is 7.26. The first-order chi connectivity index (χ1) is 15.7. The van der Waals surface area contributed by atoms with Crippen molar-refractivity contribution in [2.75, 3.05) is 6.54 Å². The van der Waals surface area contributed by atoms with Crippen LogP contribution in [-0.4, -0.2) is 32.0 Å². The van der Waals surface area contributed by atoms with Crippen LogP contribution < -0.4 is 10.9 Å². The van der Waals surface area contributed by atoms with E-state index in [1.54, 1.807) is 23.0 Å². The average molecular weight is 430 g/mol. The summed E-state index contributed by atoms with van der Waals surface area (Å²) in [5.41, 5.74) is 2.25. The summed E-state index contributed by atoms with van der Waals surface area (Å²) in [4.78, 5) is 25.7. The molecule has 2 heterocycles. The van der Waals surface area contributed by atoms with Crippen molar-refractivity contribution in [3.8, 4) is 5.69 Å². The maximum atomic E-state index is 13.0. The Hall–Kier alpha value is -3.74. The largest absolute Gasteiger partial charge is 0.350 e. The number of hydrogen-bond donors (Lipinski definition) is 1. The predicted octanol–water partition coefficient (Wildman–Crippen LogP) is 3.74. The van der Waals surface area contributed by atoms with Crippen LogP contribution in [0.25, 0.3) is 16.5 Å². The number of aryl methyl sites for hydroxylation is 1. The minimum Gasteiger partial charge on any atom is -0.350 e. The van der Waals surface area contributed by atoms with Crippen LogP contribution in [0.5, 0.6) is 0 Å². The molecule has 2 aromatic heterocycles. The SMILES string of the molecule is CCCCCn1nc(C(=O)NCCc2ccc(-n3cccn3)cc2)c2ccccc2c1=O. The Balaban J connectivity index is 1.46. The molecule has 0 aliphatic rings. The zero-order chi connectivity index (χ0) is 22.3. The van der Waals surface area contributed by atoms with Gasteiger partial charge in [-0.2, -0.15) is 10.2 Å². The summed E-state index contributed by atoms with van der Waals surface area (Å²) in [7, 11) is 0. The molecule has 0 aliphatic heterocycles. The van der Waals surface area contributed by atoms with Gasteiger partial charge < -0.3 is 5.32 Å². The third-order valence-electron chi connectivity index (χ3n) is 5.46. The molecule has 0 unspecified atom stereocenters. The maximum absolute atomic E-state index is 13.0. The second-order valence-corrected chi connectivity index (χ2v) is 7.75.